The van der Waals surface area contributed by atoms with Gasteiger partial charge in [-0.1, -0.05) is 0 Å². The Morgan fingerprint density at radius 1 is 1.40 bits per heavy atom. The molecule has 10 heavy (non-hydrogen) atoms. The smallest absolute Gasteiger partial charge is 0.0911 e. The SMILES string of the molecule is [CH]1OCCC12CCCNC2. The van der Waals surface area contributed by atoms with Crippen molar-refractivity contribution >= 4 is 0 Å². The van der Waals surface area contributed by atoms with Crippen LogP contribution in [-0.4, -0.2) is 19.7 Å². The first-order chi connectivity index (χ1) is 4.91. The van der Waals surface area contributed by atoms with Gasteiger partial charge in [0.15, 0.2) is 0 Å². The van der Waals surface area contributed by atoms with Gasteiger partial charge in [-0.2, -0.15) is 0 Å². The number of nitrogens with one attached hydrogen (secondary N) is 1. The second-order valence-electron chi connectivity index (χ2n) is 3.38. The molecule has 1 spiro atoms. The van der Waals surface area contributed by atoms with E-state index in [9.17, 15) is 0 Å². The molecule has 0 amide bonds. The van der Waals surface area contributed by atoms with Crippen LogP contribution >= 0.6 is 0 Å². The molecule has 2 rings (SSSR count). The molecule has 1 atom stereocenters. The van der Waals surface area contributed by atoms with E-state index in [0.717, 1.165) is 13.2 Å². The minimum absolute atomic E-state index is 0.415. The fourth-order valence-corrected chi connectivity index (χ4v) is 1.86. The van der Waals surface area contributed by atoms with Gasteiger partial charge in [0.1, 0.15) is 0 Å². The van der Waals surface area contributed by atoms with Gasteiger partial charge >= 0.3 is 0 Å². The molecule has 0 saturated carbocycles. The maximum absolute atomic E-state index is 5.27. The lowest BCUT2D eigenvalue weighted by Crippen LogP contribution is -2.38. The molecule has 0 bridgehead atoms. The Hall–Kier alpha value is -0.0800. The van der Waals surface area contributed by atoms with Crippen molar-refractivity contribution in [1.82, 2.24) is 5.32 Å². The Balaban J connectivity index is 1.98. The summed E-state index contributed by atoms with van der Waals surface area (Å²) in [7, 11) is 0. The number of hydrogen-bond donors (Lipinski definition) is 1. The summed E-state index contributed by atoms with van der Waals surface area (Å²) in [6, 6.07) is 0. The zero-order valence-corrected chi connectivity index (χ0v) is 6.23. The molecule has 2 saturated heterocycles. The van der Waals surface area contributed by atoms with Crippen molar-refractivity contribution in [3.8, 4) is 0 Å². The van der Waals surface area contributed by atoms with Gasteiger partial charge < -0.3 is 10.1 Å². The van der Waals surface area contributed by atoms with Gasteiger partial charge in [-0.3, -0.25) is 0 Å². The van der Waals surface area contributed by atoms with Crippen molar-refractivity contribution in [2.45, 2.75) is 19.3 Å². The van der Waals surface area contributed by atoms with Crippen molar-refractivity contribution in [3.63, 3.8) is 0 Å². The van der Waals surface area contributed by atoms with Crippen molar-refractivity contribution in [3.05, 3.63) is 6.61 Å². The summed E-state index contributed by atoms with van der Waals surface area (Å²) >= 11 is 0. The third-order valence-electron chi connectivity index (χ3n) is 2.56. The molecule has 1 N–H and O–H groups in total. The third kappa shape index (κ3) is 1.06. The first kappa shape index (κ1) is 6.62. The topological polar surface area (TPSA) is 21.3 Å². The Labute approximate surface area is 61.9 Å². The van der Waals surface area contributed by atoms with Crippen molar-refractivity contribution < 1.29 is 4.74 Å². The number of piperidine rings is 1. The summed E-state index contributed by atoms with van der Waals surface area (Å²) in [4.78, 5) is 0. The van der Waals surface area contributed by atoms with Gasteiger partial charge in [0, 0.05) is 18.6 Å². The van der Waals surface area contributed by atoms with E-state index in [1.807, 2.05) is 0 Å². The zero-order valence-electron chi connectivity index (χ0n) is 6.23. The Bertz CT molecular complexity index is 110. The highest BCUT2D eigenvalue weighted by Crippen LogP contribution is 2.37. The van der Waals surface area contributed by atoms with E-state index >= 15 is 0 Å². The van der Waals surface area contributed by atoms with Gasteiger partial charge in [0.25, 0.3) is 0 Å². The second kappa shape index (κ2) is 2.51. The van der Waals surface area contributed by atoms with E-state index < -0.39 is 0 Å². The standard InChI is InChI=1S/C8H14NO/c1-2-8(6-9-4-1)3-5-10-7-8/h7,9H,1-6H2. The molecule has 2 heterocycles. The highest BCUT2D eigenvalue weighted by molar-refractivity contribution is 4.95. The van der Waals surface area contributed by atoms with Crippen LogP contribution in [0.15, 0.2) is 0 Å². The van der Waals surface area contributed by atoms with E-state index in [1.54, 1.807) is 0 Å². The molecule has 0 aromatic heterocycles. The number of ether oxygens (including phenoxy) is 1. The maximum atomic E-state index is 5.27. The lowest BCUT2D eigenvalue weighted by Gasteiger charge is -2.31. The second-order valence-corrected chi connectivity index (χ2v) is 3.38. The van der Waals surface area contributed by atoms with Crippen LogP contribution in [0.1, 0.15) is 19.3 Å². The molecule has 2 nitrogen and oxygen atoms in total. The molecule has 57 valence electrons. The predicted molar refractivity (Wildman–Crippen MR) is 39.4 cm³/mol. The molecule has 2 heteroatoms. The van der Waals surface area contributed by atoms with Gasteiger partial charge in [0.05, 0.1) is 6.61 Å². The zero-order chi connectivity index (χ0) is 6.86. The van der Waals surface area contributed by atoms with E-state index in [4.69, 9.17) is 4.74 Å². The molecule has 2 aliphatic rings. The summed E-state index contributed by atoms with van der Waals surface area (Å²) < 4.78 is 5.27. The molecular weight excluding hydrogens is 126 g/mol. The van der Waals surface area contributed by atoms with E-state index in [1.165, 1.54) is 25.8 Å². The van der Waals surface area contributed by atoms with Crippen LogP contribution in [0.2, 0.25) is 0 Å². The van der Waals surface area contributed by atoms with Crippen LogP contribution in [0.5, 0.6) is 0 Å². The van der Waals surface area contributed by atoms with Crippen LogP contribution in [0.4, 0.5) is 0 Å². The van der Waals surface area contributed by atoms with Crippen molar-refractivity contribution in [2.24, 2.45) is 5.41 Å². The van der Waals surface area contributed by atoms with Gasteiger partial charge in [-0.15, -0.1) is 0 Å². The third-order valence-corrected chi connectivity index (χ3v) is 2.56. The van der Waals surface area contributed by atoms with E-state index in [0.29, 0.717) is 5.41 Å². The van der Waals surface area contributed by atoms with Crippen LogP contribution in [0.25, 0.3) is 0 Å². The van der Waals surface area contributed by atoms with Crippen LogP contribution in [-0.2, 0) is 4.74 Å². The highest BCUT2D eigenvalue weighted by atomic mass is 16.5. The molecule has 0 aliphatic carbocycles. The number of hydrogen-bond acceptors (Lipinski definition) is 2. The first-order valence-electron chi connectivity index (χ1n) is 4.08. The summed E-state index contributed by atoms with van der Waals surface area (Å²) in [6.07, 6.45) is 3.85. The molecular formula is C8H14NO. The normalized spacial score (nSPS) is 40.8. The van der Waals surface area contributed by atoms with Gasteiger partial charge in [-0.05, 0) is 25.8 Å². The Morgan fingerprint density at radius 2 is 2.40 bits per heavy atom. The van der Waals surface area contributed by atoms with E-state index in [2.05, 4.69) is 11.9 Å². The molecule has 1 radical (unpaired) electrons. The van der Waals surface area contributed by atoms with E-state index in [-0.39, 0.29) is 0 Å². The van der Waals surface area contributed by atoms with Crippen LogP contribution < -0.4 is 5.32 Å². The summed E-state index contributed by atoms with van der Waals surface area (Å²) in [5.41, 5.74) is 0.415. The maximum Gasteiger partial charge on any atom is 0.0911 e. The largest absolute Gasteiger partial charge is 0.375 e. The molecule has 2 fully saturated rings. The molecule has 0 aromatic carbocycles. The lowest BCUT2D eigenvalue weighted by molar-refractivity contribution is 0.203. The van der Waals surface area contributed by atoms with Crippen molar-refractivity contribution in [1.29, 1.82) is 0 Å². The average Bonchev–Trinajstić information content (AvgIpc) is 2.39. The lowest BCUT2D eigenvalue weighted by atomic mass is 9.80. The van der Waals surface area contributed by atoms with Gasteiger partial charge in [-0.25, -0.2) is 0 Å². The molecule has 0 aromatic rings. The fraction of sp³-hybridized carbons (Fsp3) is 0.875. The minimum Gasteiger partial charge on any atom is -0.375 e. The Morgan fingerprint density at radius 3 is 3.00 bits per heavy atom. The monoisotopic (exact) mass is 140 g/mol. The van der Waals surface area contributed by atoms with Crippen LogP contribution in [0, 0.1) is 12.0 Å². The summed E-state index contributed by atoms with van der Waals surface area (Å²) in [5, 5.41) is 3.41. The fourth-order valence-electron chi connectivity index (χ4n) is 1.86. The summed E-state index contributed by atoms with van der Waals surface area (Å²) in [5.74, 6) is 0. The van der Waals surface area contributed by atoms with Crippen molar-refractivity contribution in [2.75, 3.05) is 19.7 Å². The predicted octanol–water partition coefficient (Wildman–Crippen LogP) is 0.938. The Kier molecular flexibility index (Phi) is 1.66. The molecule has 2 aliphatic heterocycles. The van der Waals surface area contributed by atoms with Crippen LogP contribution in [0.3, 0.4) is 0 Å². The molecule has 1 unspecified atom stereocenters. The quantitative estimate of drug-likeness (QED) is 0.540. The first-order valence-corrected chi connectivity index (χ1v) is 4.08. The van der Waals surface area contributed by atoms with Gasteiger partial charge in [0.2, 0.25) is 0 Å². The number of rotatable bonds is 0. The highest BCUT2D eigenvalue weighted by Gasteiger charge is 2.36. The minimum atomic E-state index is 0.415. The average molecular weight is 140 g/mol. The summed E-state index contributed by atoms with van der Waals surface area (Å²) in [6.45, 7) is 5.31.